The number of nitrogens with one attached hydrogen (secondary N) is 2. The Hall–Kier alpha value is -2.76. The Kier molecular flexibility index (Phi) is 5.30. The van der Waals surface area contributed by atoms with E-state index in [1.807, 2.05) is 18.2 Å². The second kappa shape index (κ2) is 7.64. The Bertz CT molecular complexity index is 773. The van der Waals surface area contributed by atoms with Gasteiger partial charge in [0.2, 0.25) is 0 Å². The maximum Gasteiger partial charge on any atom is 0.315 e. The molecule has 2 N–H and O–H groups in total. The molecule has 26 heavy (non-hydrogen) atoms. The summed E-state index contributed by atoms with van der Waals surface area (Å²) < 4.78 is 23.5. The molecule has 0 unspecified atom stereocenters. The molecule has 2 aromatic carbocycles. The molecule has 0 aromatic heterocycles. The Morgan fingerprint density at radius 3 is 2.35 bits per heavy atom. The molecule has 0 saturated heterocycles. The molecular weight excluding hydrogens is 335 g/mol. The summed E-state index contributed by atoms with van der Waals surface area (Å²) in [5.74, 6) is 1.10. The molecule has 0 radical (unpaired) electrons. The van der Waals surface area contributed by atoms with Gasteiger partial charge in [-0.1, -0.05) is 18.2 Å². The standard InChI is InChI=1S/C20H23FN2O3/c1-25-17-8-5-15(11-18(17)26-2)20(9-10-20)13-23-19(24)22-12-14-3-6-16(21)7-4-14/h3-8,11H,9-10,12-13H2,1-2H3,(H2,22,23,24). The Balaban J connectivity index is 1.55. The van der Waals surface area contributed by atoms with Gasteiger partial charge in [-0.3, -0.25) is 0 Å². The van der Waals surface area contributed by atoms with Gasteiger partial charge in [-0.15, -0.1) is 0 Å². The van der Waals surface area contributed by atoms with Crippen LogP contribution < -0.4 is 20.1 Å². The Labute approximate surface area is 152 Å². The number of rotatable bonds is 7. The summed E-state index contributed by atoms with van der Waals surface area (Å²) >= 11 is 0. The number of methoxy groups -OCH3 is 2. The number of carbonyl (C=O) groups is 1. The fourth-order valence-corrected chi connectivity index (χ4v) is 2.98. The van der Waals surface area contributed by atoms with Gasteiger partial charge >= 0.3 is 6.03 Å². The summed E-state index contributed by atoms with van der Waals surface area (Å²) in [5, 5.41) is 5.73. The van der Waals surface area contributed by atoms with E-state index in [0.29, 0.717) is 24.6 Å². The summed E-state index contributed by atoms with van der Waals surface area (Å²) in [7, 11) is 3.22. The van der Waals surface area contributed by atoms with Crippen LogP contribution in [0, 0.1) is 5.82 Å². The SMILES string of the molecule is COc1ccc(C2(CNC(=O)NCc3ccc(F)cc3)CC2)cc1OC. The third kappa shape index (κ3) is 4.07. The van der Waals surface area contributed by atoms with Crippen LogP contribution in [0.4, 0.5) is 9.18 Å². The van der Waals surface area contributed by atoms with Crippen LogP contribution in [0.2, 0.25) is 0 Å². The molecule has 6 heteroatoms. The Morgan fingerprint density at radius 1 is 1.04 bits per heavy atom. The average Bonchev–Trinajstić information content (AvgIpc) is 3.46. The van der Waals surface area contributed by atoms with Gasteiger partial charge < -0.3 is 20.1 Å². The zero-order valence-corrected chi connectivity index (χ0v) is 15.0. The summed E-state index contributed by atoms with van der Waals surface area (Å²) in [4.78, 5) is 12.1. The zero-order valence-electron chi connectivity index (χ0n) is 15.0. The largest absolute Gasteiger partial charge is 0.493 e. The highest BCUT2D eigenvalue weighted by Crippen LogP contribution is 2.49. The maximum atomic E-state index is 12.9. The van der Waals surface area contributed by atoms with Crippen LogP contribution in [-0.2, 0) is 12.0 Å². The lowest BCUT2D eigenvalue weighted by Gasteiger charge is -2.19. The van der Waals surface area contributed by atoms with Crippen molar-refractivity contribution in [3.63, 3.8) is 0 Å². The van der Waals surface area contributed by atoms with Gasteiger partial charge in [0.05, 0.1) is 14.2 Å². The van der Waals surface area contributed by atoms with Crippen molar-refractivity contribution in [3.05, 3.63) is 59.4 Å². The van der Waals surface area contributed by atoms with E-state index in [1.54, 1.807) is 26.4 Å². The van der Waals surface area contributed by atoms with Crippen molar-refractivity contribution in [2.75, 3.05) is 20.8 Å². The number of ether oxygens (including phenoxy) is 2. The number of benzene rings is 2. The number of urea groups is 1. The lowest BCUT2D eigenvalue weighted by Crippen LogP contribution is -2.39. The quantitative estimate of drug-likeness (QED) is 0.798. The van der Waals surface area contributed by atoms with Gasteiger partial charge in [-0.05, 0) is 48.2 Å². The fraction of sp³-hybridized carbons (Fsp3) is 0.350. The number of halogens is 1. The molecule has 1 saturated carbocycles. The first-order valence-corrected chi connectivity index (χ1v) is 8.55. The second-order valence-corrected chi connectivity index (χ2v) is 6.51. The summed E-state index contributed by atoms with van der Waals surface area (Å²) in [6, 6.07) is 11.7. The van der Waals surface area contributed by atoms with Crippen molar-refractivity contribution in [3.8, 4) is 11.5 Å². The first kappa shape index (κ1) is 18.0. The van der Waals surface area contributed by atoms with Crippen LogP contribution in [0.1, 0.15) is 24.0 Å². The van der Waals surface area contributed by atoms with Crippen molar-refractivity contribution in [2.24, 2.45) is 0 Å². The van der Waals surface area contributed by atoms with Crippen LogP contribution >= 0.6 is 0 Å². The summed E-state index contributed by atoms with van der Waals surface area (Å²) in [6.07, 6.45) is 2.03. The lowest BCUT2D eigenvalue weighted by molar-refractivity contribution is 0.239. The monoisotopic (exact) mass is 358 g/mol. The van der Waals surface area contributed by atoms with Crippen molar-refractivity contribution in [1.82, 2.24) is 10.6 Å². The molecule has 2 aromatic rings. The molecule has 138 valence electrons. The van der Waals surface area contributed by atoms with Crippen molar-refractivity contribution < 1.29 is 18.7 Å². The lowest BCUT2D eigenvalue weighted by atomic mass is 9.95. The first-order chi connectivity index (χ1) is 12.6. The smallest absolute Gasteiger partial charge is 0.315 e. The normalized spacial score (nSPS) is 14.4. The number of hydrogen-bond donors (Lipinski definition) is 2. The molecule has 1 fully saturated rings. The molecule has 0 spiro atoms. The van der Waals surface area contributed by atoms with Crippen LogP contribution in [0.5, 0.6) is 11.5 Å². The Morgan fingerprint density at radius 2 is 1.73 bits per heavy atom. The number of amides is 2. The van der Waals surface area contributed by atoms with E-state index in [4.69, 9.17) is 9.47 Å². The molecule has 2 amide bonds. The third-order valence-electron chi connectivity index (χ3n) is 4.80. The van der Waals surface area contributed by atoms with E-state index in [2.05, 4.69) is 10.6 Å². The van der Waals surface area contributed by atoms with Crippen LogP contribution in [0.3, 0.4) is 0 Å². The van der Waals surface area contributed by atoms with Crippen LogP contribution in [0.25, 0.3) is 0 Å². The molecule has 3 rings (SSSR count). The predicted octanol–water partition coefficient (Wildman–Crippen LogP) is 3.37. The van der Waals surface area contributed by atoms with Crippen molar-refractivity contribution >= 4 is 6.03 Å². The first-order valence-electron chi connectivity index (χ1n) is 8.55. The van der Waals surface area contributed by atoms with Gasteiger partial charge in [-0.25, -0.2) is 9.18 Å². The molecule has 5 nitrogen and oxygen atoms in total. The number of hydrogen-bond acceptors (Lipinski definition) is 3. The van der Waals surface area contributed by atoms with Crippen LogP contribution in [-0.4, -0.2) is 26.8 Å². The maximum absolute atomic E-state index is 12.9. The molecular formula is C20H23FN2O3. The van der Waals surface area contributed by atoms with E-state index in [1.165, 1.54) is 12.1 Å². The highest BCUT2D eigenvalue weighted by atomic mass is 19.1. The molecule has 1 aliphatic carbocycles. The van der Waals surface area contributed by atoms with E-state index in [9.17, 15) is 9.18 Å². The molecule has 0 bridgehead atoms. The minimum Gasteiger partial charge on any atom is -0.493 e. The van der Waals surface area contributed by atoms with E-state index in [-0.39, 0.29) is 17.3 Å². The van der Waals surface area contributed by atoms with E-state index < -0.39 is 0 Å². The van der Waals surface area contributed by atoms with Gasteiger partial charge in [0.25, 0.3) is 0 Å². The molecule has 0 aliphatic heterocycles. The van der Waals surface area contributed by atoms with E-state index >= 15 is 0 Å². The van der Waals surface area contributed by atoms with Gasteiger partial charge in [0.1, 0.15) is 5.82 Å². The van der Waals surface area contributed by atoms with Crippen molar-refractivity contribution in [2.45, 2.75) is 24.8 Å². The van der Waals surface area contributed by atoms with Crippen LogP contribution in [0.15, 0.2) is 42.5 Å². The van der Waals surface area contributed by atoms with Crippen molar-refractivity contribution in [1.29, 1.82) is 0 Å². The average molecular weight is 358 g/mol. The summed E-state index contributed by atoms with van der Waals surface area (Å²) in [5.41, 5.74) is 1.93. The van der Waals surface area contributed by atoms with Gasteiger partial charge in [-0.2, -0.15) is 0 Å². The topological polar surface area (TPSA) is 59.6 Å². The predicted molar refractivity (Wildman–Crippen MR) is 97.1 cm³/mol. The number of carbonyl (C=O) groups excluding carboxylic acids is 1. The highest BCUT2D eigenvalue weighted by molar-refractivity contribution is 5.74. The molecule has 0 atom stereocenters. The van der Waals surface area contributed by atoms with Gasteiger partial charge in [0.15, 0.2) is 11.5 Å². The third-order valence-corrected chi connectivity index (χ3v) is 4.80. The minimum atomic E-state index is -0.288. The zero-order chi connectivity index (χ0) is 18.6. The highest BCUT2D eigenvalue weighted by Gasteiger charge is 2.44. The summed E-state index contributed by atoms with van der Waals surface area (Å²) in [6.45, 7) is 0.910. The van der Waals surface area contributed by atoms with Gasteiger partial charge in [0, 0.05) is 18.5 Å². The molecule has 0 heterocycles. The second-order valence-electron chi connectivity index (χ2n) is 6.51. The fourth-order valence-electron chi connectivity index (χ4n) is 2.98. The molecule has 1 aliphatic rings. The van der Waals surface area contributed by atoms with E-state index in [0.717, 1.165) is 24.0 Å². The minimum absolute atomic E-state index is 0.0488.